The number of terminal acetylenes is 1. The highest BCUT2D eigenvalue weighted by Gasteiger charge is 2.37. The number of imide groups is 2. The van der Waals surface area contributed by atoms with Gasteiger partial charge in [-0.2, -0.15) is 0 Å². The minimum Gasteiger partial charge on any atom is -0.490 e. The summed E-state index contributed by atoms with van der Waals surface area (Å²) in [5, 5.41) is 11.3. The number of urea groups is 1. The van der Waals surface area contributed by atoms with Gasteiger partial charge in [-0.3, -0.25) is 14.9 Å². The molecular formula is C23H17ClN2O7. The molecule has 0 unspecified atom stereocenters. The molecule has 33 heavy (non-hydrogen) atoms. The first kappa shape index (κ1) is 23.4. The second-order valence-electron chi connectivity index (χ2n) is 6.57. The van der Waals surface area contributed by atoms with Crippen LogP contribution in [-0.2, 0) is 9.59 Å². The summed E-state index contributed by atoms with van der Waals surface area (Å²) < 4.78 is 10.9. The smallest absolute Gasteiger partial charge is 0.335 e. The number of carboxylic acids is 1. The Morgan fingerprint density at radius 1 is 1.21 bits per heavy atom. The second-order valence-corrected chi connectivity index (χ2v) is 6.97. The van der Waals surface area contributed by atoms with Crippen LogP contribution in [0.15, 0.2) is 42.0 Å². The minimum atomic E-state index is -1.16. The van der Waals surface area contributed by atoms with Gasteiger partial charge in [0.2, 0.25) is 0 Å². The quantitative estimate of drug-likeness (QED) is 0.363. The maximum atomic E-state index is 13.0. The Morgan fingerprint density at radius 3 is 2.52 bits per heavy atom. The van der Waals surface area contributed by atoms with Crippen molar-refractivity contribution in [2.45, 2.75) is 6.92 Å². The second kappa shape index (κ2) is 9.89. The van der Waals surface area contributed by atoms with Crippen molar-refractivity contribution >= 4 is 47.2 Å². The summed E-state index contributed by atoms with van der Waals surface area (Å²) in [6.45, 7) is 2.00. The number of hydrogen-bond acceptors (Lipinski definition) is 6. The van der Waals surface area contributed by atoms with Gasteiger partial charge < -0.3 is 14.6 Å². The predicted octanol–water partition coefficient (Wildman–Crippen LogP) is 3.12. The van der Waals surface area contributed by atoms with Gasteiger partial charge in [0.05, 0.1) is 22.9 Å². The average Bonchev–Trinajstić information content (AvgIpc) is 2.76. The third kappa shape index (κ3) is 4.97. The fraction of sp³-hybridized carbons (Fsp3) is 0.130. The van der Waals surface area contributed by atoms with E-state index in [1.807, 2.05) is 0 Å². The summed E-state index contributed by atoms with van der Waals surface area (Å²) in [4.78, 5) is 49.5. The number of aromatic carboxylic acids is 1. The number of anilines is 1. The Kier molecular flexibility index (Phi) is 7.00. The van der Waals surface area contributed by atoms with Crippen molar-refractivity contribution in [1.82, 2.24) is 5.32 Å². The standard InChI is InChI=1S/C23H17ClN2O7/c1-3-9-33-19-17(24)11-13(12-18(19)32-4-2)10-16-20(27)25-23(31)26(21(16)28)15-7-5-14(6-8-15)22(29)30/h1,5-8,10-12H,4,9H2,2H3,(H,29,30)(H,25,27,31)/b16-10+. The number of ether oxygens (including phenoxy) is 2. The van der Waals surface area contributed by atoms with E-state index < -0.39 is 23.8 Å². The van der Waals surface area contributed by atoms with Crippen LogP contribution in [-0.4, -0.2) is 42.1 Å². The SMILES string of the molecule is C#CCOc1c(Cl)cc(/C=C2\C(=O)NC(=O)N(c3ccc(C(=O)O)cc3)C2=O)cc1OCC. The maximum Gasteiger partial charge on any atom is 0.335 e. The fourth-order valence-electron chi connectivity index (χ4n) is 3.00. The van der Waals surface area contributed by atoms with Crippen LogP contribution in [0.25, 0.3) is 6.08 Å². The van der Waals surface area contributed by atoms with Gasteiger partial charge in [-0.1, -0.05) is 17.5 Å². The molecular weight excluding hydrogens is 452 g/mol. The summed E-state index contributed by atoms with van der Waals surface area (Å²) in [6, 6.07) is 7.05. The van der Waals surface area contributed by atoms with E-state index in [0.29, 0.717) is 5.56 Å². The lowest BCUT2D eigenvalue weighted by Gasteiger charge is -2.26. The summed E-state index contributed by atoms with van der Waals surface area (Å²) in [6.07, 6.45) is 6.47. The molecule has 0 spiro atoms. The van der Waals surface area contributed by atoms with Crippen molar-refractivity contribution in [1.29, 1.82) is 0 Å². The first-order chi connectivity index (χ1) is 15.8. The molecule has 0 atom stereocenters. The van der Waals surface area contributed by atoms with Crippen molar-refractivity contribution in [3.63, 3.8) is 0 Å². The Bertz CT molecular complexity index is 1210. The van der Waals surface area contributed by atoms with Crippen LogP contribution in [0.5, 0.6) is 11.5 Å². The normalized spacial score (nSPS) is 14.6. The van der Waals surface area contributed by atoms with Crippen molar-refractivity contribution in [2.24, 2.45) is 0 Å². The van der Waals surface area contributed by atoms with E-state index in [-0.39, 0.29) is 46.6 Å². The Hall–Kier alpha value is -4.29. The zero-order valence-electron chi connectivity index (χ0n) is 17.3. The van der Waals surface area contributed by atoms with Gasteiger partial charge in [-0.15, -0.1) is 6.42 Å². The number of carbonyl (C=O) groups excluding carboxylic acids is 3. The highest BCUT2D eigenvalue weighted by Crippen LogP contribution is 2.37. The van der Waals surface area contributed by atoms with Crippen molar-refractivity contribution < 1.29 is 33.8 Å². The van der Waals surface area contributed by atoms with E-state index in [4.69, 9.17) is 32.6 Å². The maximum absolute atomic E-state index is 13.0. The van der Waals surface area contributed by atoms with Crippen molar-refractivity contribution in [3.8, 4) is 23.8 Å². The van der Waals surface area contributed by atoms with Gasteiger partial charge in [0.25, 0.3) is 11.8 Å². The Morgan fingerprint density at radius 2 is 1.91 bits per heavy atom. The molecule has 1 saturated heterocycles. The minimum absolute atomic E-state index is 0.0271. The van der Waals surface area contributed by atoms with Gasteiger partial charge in [0.15, 0.2) is 11.5 Å². The molecule has 4 amide bonds. The Labute approximate surface area is 193 Å². The molecule has 1 heterocycles. The third-order valence-electron chi connectivity index (χ3n) is 4.42. The molecule has 9 nitrogen and oxygen atoms in total. The molecule has 2 aromatic rings. The molecule has 0 radical (unpaired) electrons. The topological polar surface area (TPSA) is 122 Å². The van der Waals surface area contributed by atoms with Crippen LogP contribution in [0.4, 0.5) is 10.5 Å². The van der Waals surface area contributed by atoms with Gasteiger partial charge in [-0.05, 0) is 55.0 Å². The van der Waals surface area contributed by atoms with Gasteiger partial charge >= 0.3 is 12.0 Å². The zero-order valence-corrected chi connectivity index (χ0v) is 18.0. The number of nitrogens with one attached hydrogen (secondary N) is 1. The summed E-state index contributed by atoms with van der Waals surface area (Å²) in [5.74, 6) is -0.160. The molecule has 1 aliphatic rings. The fourth-order valence-corrected chi connectivity index (χ4v) is 3.27. The summed E-state index contributed by atoms with van der Waals surface area (Å²) >= 11 is 6.28. The monoisotopic (exact) mass is 468 g/mol. The van der Waals surface area contributed by atoms with E-state index >= 15 is 0 Å². The van der Waals surface area contributed by atoms with Gasteiger partial charge in [0, 0.05) is 0 Å². The van der Waals surface area contributed by atoms with E-state index in [1.54, 1.807) is 6.92 Å². The Balaban J connectivity index is 2.00. The molecule has 168 valence electrons. The van der Waals surface area contributed by atoms with E-state index in [2.05, 4.69) is 11.2 Å². The highest BCUT2D eigenvalue weighted by molar-refractivity contribution is 6.39. The van der Waals surface area contributed by atoms with Gasteiger partial charge in [-0.25, -0.2) is 14.5 Å². The number of hydrogen-bond donors (Lipinski definition) is 2. The number of benzene rings is 2. The molecule has 0 aromatic heterocycles. The predicted molar refractivity (Wildman–Crippen MR) is 119 cm³/mol. The zero-order chi connectivity index (χ0) is 24.1. The van der Waals surface area contributed by atoms with Crippen LogP contribution in [0.3, 0.4) is 0 Å². The van der Waals surface area contributed by atoms with Crippen LogP contribution in [0, 0.1) is 12.3 Å². The molecule has 3 rings (SSSR count). The van der Waals surface area contributed by atoms with Gasteiger partial charge in [0.1, 0.15) is 12.2 Å². The van der Waals surface area contributed by atoms with Crippen LogP contribution in [0.2, 0.25) is 5.02 Å². The number of barbiturate groups is 1. The van der Waals surface area contributed by atoms with E-state index in [1.165, 1.54) is 42.5 Å². The summed E-state index contributed by atoms with van der Waals surface area (Å²) in [7, 11) is 0. The highest BCUT2D eigenvalue weighted by atomic mass is 35.5. The van der Waals surface area contributed by atoms with E-state index in [0.717, 1.165) is 4.90 Å². The van der Waals surface area contributed by atoms with Crippen molar-refractivity contribution in [3.05, 3.63) is 58.1 Å². The third-order valence-corrected chi connectivity index (χ3v) is 4.70. The molecule has 0 aliphatic carbocycles. The van der Waals surface area contributed by atoms with Crippen LogP contribution < -0.4 is 19.7 Å². The number of halogens is 1. The first-order valence-electron chi connectivity index (χ1n) is 9.54. The van der Waals surface area contributed by atoms with Crippen molar-refractivity contribution in [2.75, 3.05) is 18.1 Å². The molecule has 0 bridgehead atoms. The molecule has 2 aromatic carbocycles. The lowest BCUT2D eigenvalue weighted by atomic mass is 10.1. The molecule has 2 N–H and O–H groups in total. The lowest BCUT2D eigenvalue weighted by Crippen LogP contribution is -2.54. The molecule has 1 aliphatic heterocycles. The molecule has 1 fully saturated rings. The lowest BCUT2D eigenvalue weighted by molar-refractivity contribution is -0.122. The van der Waals surface area contributed by atoms with Crippen LogP contribution in [0.1, 0.15) is 22.8 Å². The number of carbonyl (C=O) groups is 4. The first-order valence-corrected chi connectivity index (χ1v) is 9.92. The van der Waals surface area contributed by atoms with Crippen LogP contribution >= 0.6 is 11.6 Å². The number of carboxylic acid groups (broad SMARTS) is 1. The number of rotatable bonds is 7. The largest absolute Gasteiger partial charge is 0.490 e. The van der Waals surface area contributed by atoms with E-state index in [9.17, 15) is 19.2 Å². The molecule has 10 heteroatoms. The average molecular weight is 469 g/mol. The number of nitrogens with zero attached hydrogens (tertiary/aromatic N) is 1. The summed E-state index contributed by atoms with van der Waals surface area (Å²) in [5.41, 5.74) is 0.0610. The number of amides is 4. The molecule has 0 saturated carbocycles.